The Kier molecular flexibility index (Phi) is 2.81. The fourth-order valence-corrected chi connectivity index (χ4v) is 7.43. The Morgan fingerprint density at radius 1 is 1.07 bits per heavy atom. The van der Waals surface area contributed by atoms with E-state index < -0.39 is 17.9 Å². The largest absolute Gasteiger partial charge is 0.220 e. The van der Waals surface area contributed by atoms with Gasteiger partial charge in [-0.15, -0.1) is 0 Å². The molecule has 1 aliphatic rings. The lowest BCUT2D eigenvalue weighted by molar-refractivity contribution is 0.517. The van der Waals surface area contributed by atoms with Gasteiger partial charge in [-0.2, -0.15) is 0 Å². The summed E-state index contributed by atoms with van der Waals surface area (Å²) in [5.41, 5.74) is -0.295. The van der Waals surface area contributed by atoms with Crippen molar-refractivity contribution < 1.29 is 8.42 Å². The summed E-state index contributed by atoms with van der Waals surface area (Å²) in [7, 11) is -4.92. The third-order valence-electron chi connectivity index (χ3n) is 2.44. The van der Waals surface area contributed by atoms with Crippen LogP contribution in [-0.2, 0) is 9.84 Å². The molecule has 0 amide bonds. The van der Waals surface area contributed by atoms with Crippen LogP contribution < -0.4 is 0 Å². The molecule has 0 bridgehead atoms. The Hall–Kier alpha value is -0.353. The maximum absolute atomic E-state index is 12.3. The van der Waals surface area contributed by atoms with E-state index in [2.05, 4.69) is 19.6 Å². The molecule has 15 heavy (non-hydrogen) atoms. The molecule has 0 aromatic heterocycles. The zero-order valence-corrected chi connectivity index (χ0v) is 12.2. The van der Waals surface area contributed by atoms with E-state index in [1.54, 1.807) is 6.08 Å². The first-order valence-corrected chi connectivity index (χ1v) is 10.1. The van der Waals surface area contributed by atoms with Crippen molar-refractivity contribution in [1.82, 2.24) is 0 Å². The molecular formula is C11H20O2SSi. The van der Waals surface area contributed by atoms with E-state index in [4.69, 9.17) is 0 Å². The van der Waals surface area contributed by atoms with Crippen molar-refractivity contribution in [3.8, 4) is 0 Å². The third-order valence-corrected chi connectivity index (χ3v) is 8.77. The molecule has 86 valence electrons. The van der Waals surface area contributed by atoms with E-state index in [0.717, 1.165) is 0 Å². The molecule has 0 fully saturated rings. The van der Waals surface area contributed by atoms with Crippen LogP contribution in [-0.4, -0.2) is 16.5 Å². The van der Waals surface area contributed by atoms with Crippen molar-refractivity contribution >= 4 is 17.9 Å². The highest BCUT2D eigenvalue weighted by Crippen LogP contribution is 2.40. The van der Waals surface area contributed by atoms with Gasteiger partial charge in [-0.1, -0.05) is 46.5 Å². The van der Waals surface area contributed by atoms with Gasteiger partial charge in [0.15, 0.2) is 9.84 Å². The summed E-state index contributed by atoms with van der Waals surface area (Å²) < 4.78 is 25.2. The molecule has 1 heterocycles. The Labute approximate surface area is 94.0 Å². The maximum Gasteiger partial charge on any atom is 0.195 e. The Balaban J connectivity index is 3.24. The second kappa shape index (κ2) is 3.32. The van der Waals surface area contributed by atoms with Crippen molar-refractivity contribution in [3.05, 3.63) is 21.6 Å². The molecule has 0 saturated carbocycles. The summed E-state index contributed by atoms with van der Waals surface area (Å²) in [5, 5.41) is 0. The van der Waals surface area contributed by atoms with Gasteiger partial charge < -0.3 is 0 Å². The van der Waals surface area contributed by atoms with Crippen molar-refractivity contribution in [2.75, 3.05) is 0 Å². The Morgan fingerprint density at radius 3 is 1.73 bits per heavy atom. The second-order valence-electron chi connectivity index (χ2n) is 6.07. The summed E-state index contributed by atoms with van der Waals surface area (Å²) in [4.78, 5) is 0.562. The van der Waals surface area contributed by atoms with Crippen LogP contribution in [0.15, 0.2) is 21.6 Å². The van der Waals surface area contributed by atoms with Gasteiger partial charge in [0.05, 0.1) is 13.0 Å². The Bertz CT molecular complexity index is 392. The Morgan fingerprint density at radius 2 is 1.53 bits per heavy atom. The van der Waals surface area contributed by atoms with E-state index in [1.807, 2.05) is 26.8 Å². The lowest BCUT2D eigenvalue weighted by atomic mass is 9.96. The lowest BCUT2D eigenvalue weighted by Gasteiger charge is -2.24. The first kappa shape index (κ1) is 12.7. The predicted octanol–water partition coefficient (Wildman–Crippen LogP) is 3.11. The molecule has 0 saturated heterocycles. The molecule has 0 aromatic carbocycles. The molecule has 0 N–H and O–H groups in total. The van der Waals surface area contributed by atoms with Crippen molar-refractivity contribution in [3.63, 3.8) is 0 Å². The van der Waals surface area contributed by atoms with E-state index in [1.165, 1.54) is 0 Å². The minimum atomic E-state index is -3.16. The van der Waals surface area contributed by atoms with Gasteiger partial charge in [-0.05, 0) is 11.5 Å². The summed E-state index contributed by atoms with van der Waals surface area (Å²) in [6, 6.07) is 0. The highest BCUT2D eigenvalue weighted by molar-refractivity contribution is 8.01. The van der Waals surface area contributed by atoms with E-state index >= 15 is 0 Å². The van der Waals surface area contributed by atoms with Crippen LogP contribution in [0.25, 0.3) is 0 Å². The van der Waals surface area contributed by atoms with Gasteiger partial charge in [-0.3, -0.25) is 0 Å². The van der Waals surface area contributed by atoms with E-state index in [0.29, 0.717) is 9.43 Å². The monoisotopic (exact) mass is 244 g/mol. The third kappa shape index (κ3) is 2.26. The zero-order chi connectivity index (χ0) is 12.1. The average molecular weight is 244 g/mol. The molecule has 0 aromatic rings. The highest BCUT2D eigenvalue weighted by atomic mass is 32.2. The minimum Gasteiger partial charge on any atom is -0.220 e. The van der Waals surface area contributed by atoms with Crippen LogP contribution in [0.3, 0.4) is 0 Å². The number of hydrogen-bond acceptors (Lipinski definition) is 2. The van der Waals surface area contributed by atoms with Crippen LogP contribution >= 0.6 is 0 Å². The zero-order valence-electron chi connectivity index (χ0n) is 10.4. The predicted molar refractivity (Wildman–Crippen MR) is 67.9 cm³/mol. The number of hydrogen-bond donors (Lipinski definition) is 0. The number of allylic oxidation sites excluding steroid dienone is 3. The molecule has 4 heteroatoms. The topological polar surface area (TPSA) is 34.1 Å². The summed E-state index contributed by atoms with van der Waals surface area (Å²) >= 11 is 0. The number of rotatable bonds is 1. The fourth-order valence-electron chi connectivity index (χ4n) is 1.76. The fraction of sp³-hybridized carbons (Fsp3) is 0.636. The molecule has 1 aliphatic heterocycles. The molecule has 0 unspecified atom stereocenters. The first-order chi connectivity index (χ1) is 6.47. The van der Waals surface area contributed by atoms with Crippen LogP contribution in [0, 0.1) is 5.41 Å². The molecular weight excluding hydrogens is 224 g/mol. The highest BCUT2D eigenvalue weighted by Gasteiger charge is 2.40. The summed E-state index contributed by atoms with van der Waals surface area (Å²) in [5.74, 6) is 0. The molecule has 0 atom stereocenters. The van der Waals surface area contributed by atoms with Gasteiger partial charge in [0, 0.05) is 4.53 Å². The van der Waals surface area contributed by atoms with Crippen LogP contribution in [0.1, 0.15) is 20.8 Å². The molecule has 2 nitrogen and oxygen atoms in total. The van der Waals surface area contributed by atoms with Gasteiger partial charge in [-0.25, -0.2) is 8.42 Å². The molecule has 1 rings (SSSR count). The standard InChI is InChI=1S/C11H20O2SSi/c1-11(2,3)9-7-8-10(14(9,12)13)15(4,5)6/h7-8H,1-6H3. The van der Waals surface area contributed by atoms with Crippen molar-refractivity contribution in [2.24, 2.45) is 5.41 Å². The number of sulfone groups is 1. The van der Waals surface area contributed by atoms with Crippen LogP contribution in [0.2, 0.25) is 19.6 Å². The lowest BCUT2D eigenvalue weighted by Crippen LogP contribution is -2.30. The van der Waals surface area contributed by atoms with Crippen molar-refractivity contribution in [2.45, 2.75) is 40.4 Å². The van der Waals surface area contributed by atoms with Gasteiger partial charge in [0.1, 0.15) is 0 Å². The van der Waals surface area contributed by atoms with Gasteiger partial charge >= 0.3 is 0 Å². The van der Waals surface area contributed by atoms with Gasteiger partial charge in [0.25, 0.3) is 0 Å². The molecule has 0 radical (unpaired) electrons. The quantitative estimate of drug-likeness (QED) is 0.664. The van der Waals surface area contributed by atoms with E-state index in [-0.39, 0.29) is 5.41 Å². The average Bonchev–Trinajstić information content (AvgIpc) is 2.21. The maximum atomic E-state index is 12.3. The minimum absolute atomic E-state index is 0.295. The van der Waals surface area contributed by atoms with Crippen LogP contribution in [0.5, 0.6) is 0 Å². The second-order valence-corrected chi connectivity index (χ2v) is 13.4. The summed E-state index contributed by atoms with van der Waals surface area (Å²) in [6.07, 6.45) is 3.59. The normalized spacial score (nSPS) is 21.2. The SMILES string of the molecule is CC(C)(C)C1=CC=C([Si](C)(C)C)S1(=O)=O. The molecule has 0 aliphatic carbocycles. The van der Waals surface area contributed by atoms with Crippen molar-refractivity contribution in [1.29, 1.82) is 0 Å². The smallest absolute Gasteiger partial charge is 0.195 e. The first-order valence-electron chi connectivity index (χ1n) is 5.15. The molecule has 0 spiro atoms. The summed E-state index contributed by atoms with van der Waals surface area (Å²) in [6.45, 7) is 12.0. The van der Waals surface area contributed by atoms with Gasteiger partial charge in [0.2, 0.25) is 0 Å². The van der Waals surface area contributed by atoms with Crippen LogP contribution in [0.4, 0.5) is 0 Å². The van der Waals surface area contributed by atoms with E-state index in [9.17, 15) is 8.42 Å².